The number of aryl methyl sites for hydroxylation is 3. The number of rotatable bonds is 5. The molecule has 1 aliphatic rings. The molecule has 2 heterocycles. The summed E-state index contributed by atoms with van der Waals surface area (Å²) >= 11 is 0. The molecule has 0 saturated carbocycles. The van der Waals surface area contributed by atoms with Gasteiger partial charge < -0.3 is 15.2 Å². The van der Waals surface area contributed by atoms with E-state index in [-0.39, 0.29) is 12.2 Å². The Balaban J connectivity index is 1.53. The van der Waals surface area contributed by atoms with Crippen LogP contribution in [0.15, 0.2) is 60.3 Å². The van der Waals surface area contributed by atoms with E-state index < -0.39 is 17.8 Å². The van der Waals surface area contributed by atoms with Crippen molar-refractivity contribution in [2.75, 3.05) is 11.9 Å². The van der Waals surface area contributed by atoms with E-state index >= 15 is 0 Å². The normalized spacial score (nSPS) is 14.7. The average Bonchev–Trinajstić information content (AvgIpc) is 3.18. The summed E-state index contributed by atoms with van der Waals surface area (Å²) in [6.07, 6.45) is 1.66. The molecule has 33 heavy (non-hydrogen) atoms. The van der Waals surface area contributed by atoms with Crippen LogP contribution in [-0.2, 0) is 9.59 Å². The monoisotopic (exact) mass is 442 g/mol. The number of aromatic nitrogens is 1. The minimum Gasteiger partial charge on any atom is -0.325 e. The molecule has 1 aromatic heterocycles. The SMILES string of the molecule is Cc1ccc(-n2c(C)cc(/C=C3\NC(=O)N(CC(=O)Nc4cccc(C)c4)C3=O)c2C)cc1. The fourth-order valence-electron chi connectivity index (χ4n) is 3.96. The van der Waals surface area contributed by atoms with Gasteiger partial charge in [0.25, 0.3) is 5.91 Å². The number of imide groups is 1. The van der Waals surface area contributed by atoms with Crippen LogP contribution in [-0.4, -0.2) is 33.9 Å². The summed E-state index contributed by atoms with van der Waals surface area (Å²) < 4.78 is 2.10. The van der Waals surface area contributed by atoms with Gasteiger partial charge in [-0.2, -0.15) is 0 Å². The maximum Gasteiger partial charge on any atom is 0.329 e. The zero-order valence-corrected chi connectivity index (χ0v) is 19.1. The Morgan fingerprint density at radius 3 is 2.39 bits per heavy atom. The largest absolute Gasteiger partial charge is 0.329 e. The lowest BCUT2D eigenvalue weighted by atomic mass is 10.2. The number of nitrogens with one attached hydrogen (secondary N) is 2. The topological polar surface area (TPSA) is 83.4 Å². The van der Waals surface area contributed by atoms with Crippen LogP contribution in [0.3, 0.4) is 0 Å². The summed E-state index contributed by atoms with van der Waals surface area (Å²) in [7, 11) is 0. The lowest BCUT2D eigenvalue weighted by Crippen LogP contribution is -2.38. The van der Waals surface area contributed by atoms with Crippen LogP contribution in [0.1, 0.15) is 28.1 Å². The number of hydrogen-bond donors (Lipinski definition) is 2. The number of amides is 4. The Hall–Kier alpha value is -4.13. The molecular weight excluding hydrogens is 416 g/mol. The summed E-state index contributed by atoms with van der Waals surface area (Å²) in [5, 5.41) is 5.31. The van der Waals surface area contributed by atoms with Crippen molar-refractivity contribution in [3.05, 3.63) is 88.4 Å². The third kappa shape index (κ3) is 4.57. The molecular formula is C26H26N4O3. The van der Waals surface area contributed by atoms with Crippen LogP contribution in [0.4, 0.5) is 10.5 Å². The first-order valence-electron chi connectivity index (χ1n) is 10.7. The van der Waals surface area contributed by atoms with Gasteiger partial charge in [0.2, 0.25) is 5.91 Å². The highest BCUT2D eigenvalue weighted by molar-refractivity contribution is 6.16. The number of benzene rings is 2. The summed E-state index contributed by atoms with van der Waals surface area (Å²) in [6, 6.07) is 16.9. The van der Waals surface area contributed by atoms with Gasteiger partial charge in [-0.3, -0.25) is 9.59 Å². The lowest BCUT2D eigenvalue weighted by Gasteiger charge is -2.12. The highest BCUT2D eigenvalue weighted by Crippen LogP contribution is 2.24. The van der Waals surface area contributed by atoms with E-state index in [0.717, 1.165) is 33.1 Å². The van der Waals surface area contributed by atoms with Gasteiger partial charge >= 0.3 is 6.03 Å². The summed E-state index contributed by atoms with van der Waals surface area (Å²) in [4.78, 5) is 38.6. The van der Waals surface area contributed by atoms with Gasteiger partial charge in [0, 0.05) is 22.8 Å². The smallest absolute Gasteiger partial charge is 0.325 e. The Morgan fingerprint density at radius 1 is 0.970 bits per heavy atom. The predicted molar refractivity (Wildman–Crippen MR) is 128 cm³/mol. The third-order valence-electron chi connectivity index (χ3n) is 5.63. The zero-order valence-electron chi connectivity index (χ0n) is 19.1. The highest BCUT2D eigenvalue weighted by atomic mass is 16.2. The van der Waals surface area contributed by atoms with E-state index in [0.29, 0.717) is 5.69 Å². The van der Waals surface area contributed by atoms with Crippen LogP contribution >= 0.6 is 0 Å². The third-order valence-corrected chi connectivity index (χ3v) is 5.63. The van der Waals surface area contributed by atoms with E-state index in [1.165, 1.54) is 5.56 Å². The standard InChI is InChI=1S/C26H26N4O3/c1-16-8-10-22(11-9-16)30-18(3)13-20(19(30)4)14-23-25(32)29(26(33)28-23)15-24(31)27-21-7-5-6-17(2)12-21/h5-14H,15H2,1-4H3,(H,27,31)(H,28,33)/b23-14-. The van der Waals surface area contributed by atoms with Gasteiger partial charge in [0.15, 0.2) is 0 Å². The molecule has 0 unspecified atom stereocenters. The highest BCUT2D eigenvalue weighted by Gasteiger charge is 2.35. The first kappa shape index (κ1) is 22.1. The zero-order chi connectivity index (χ0) is 23.7. The van der Waals surface area contributed by atoms with E-state index in [2.05, 4.69) is 15.2 Å². The Kier molecular flexibility index (Phi) is 5.87. The van der Waals surface area contributed by atoms with Crippen molar-refractivity contribution in [2.45, 2.75) is 27.7 Å². The summed E-state index contributed by atoms with van der Waals surface area (Å²) in [6.45, 7) is 7.55. The molecule has 2 N–H and O–H groups in total. The number of nitrogens with zero attached hydrogens (tertiary/aromatic N) is 2. The minimum absolute atomic E-state index is 0.146. The van der Waals surface area contributed by atoms with Crippen molar-refractivity contribution < 1.29 is 14.4 Å². The first-order chi connectivity index (χ1) is 15.7. The Labute approximate surface area is 192 Å². The molecule has 0 aliphatic carbocycles. The number of carbonyl (C=O) groups is 3. The fraction of sp³-hybridized carbons (Fsp3) is 0.192. The maximum atomic E-state index is 12.9. The molecule has 1 saturated heterocycles. The molecule has 7 nitrogen and oxygen atoms in total. The van der Waals surface area contributed by atoms with Crippen molar-refractivity contribution in [3.8, 4) is 5.69 Å². The van der Waals surface area contributed by atoms with E-state index in [1.807, 2.05) is 76.2 Å². The van der Waals surface area contributed by atoms with E-state index in [9.17, 15) is 14.4 Å². The quantitative estimate of drug-likeness (QED) is 0.458. The molecule has 168 valence electrons. The van der Waals surface area contributed by atoms with Crippen LogP contribution in [0.2, 0.25) is 0 Å². The predicted octanol–water partition coefficient (Wildman–Crippen LogP) is 4.24. The van der Waals surface area contributed by atoms with Gasteiger partial charge in [0.05, 0.1) is 0 Å². The molecule has 4 rings (SSSR count). The second-order valence-corrected chi connectivity index (χ2v) is 8.29. The molecule has 1 fully saturated rings. The van der Waals surface area contributed by atoms with Crippen molar-refractivity contribution in [3.63, 3.8) is 0 Å². The first-order valence-corrected chi connectivity index (χ1v) is 10.7. The van der Waals surface area contributed by atoms with Crippen molar-refractivity contribution in [2.24, 2.45) is 0 Å². The second kappa shape index (κ2) is 8.78. The number of anilines is 1. The minimum atomic E-state index is -0.613. The molecule has 0 radical (unpaired) electrons. The summed E-state index contributed by atoms with van der Waals surface area (Å²) in [5.41, 5.74) is 6.74. The van der Waals surface area contributed by atoms with Crippen molar-refractivity contribution in [1.82, 2.24) is 14.8 Å². The van der Waals surface area contributed by atoms with Gasteiger partial charge in [-0.05, 0) is 75.2 Å². The van der Waals surface area contributed by atoms with Crippen molar-refractivity contribution >= 4 is 29.6 Å². The van der Waals surface area contributed by atoms with Crippen LogP contribution in [0.5, 0.6) is 0 Å². The van der Waals surface area contributed by atoms with E-state index in [1.54, 1.807) is 12.1 Å². The number of urea groups is 1. The van der Waals surface area contributed by atoms with Crippen molar-refractivity contribution in [1.29, 1.82) is 0 Å². The van der Waals surface area contributed by atoms with Gasteiger partial charge in [-0.25, -0.2) is 9.69 Å². The molecule has 4 amide bonds. The van der Waals surface area contributed by atoms with Crippen LogP contribution in [0.25, 0.3) is 11.8 Å². The Bertz CT molecular complexity index is 1290. The molecule has 1 aliphatic heterocycles. The Morgan fingerprint density at radius 2 is 1.70 bits per heavy atom. The average molecular weight is 443 g/mol. The van der Waals surface area contributed by atoms with E-state index in [4.69, 9.17) is 0 Å². The van der Waals surface area contributed by atoms with Crippen LogP contribution in [0, 0.1) is 27.7 Å². The molecule has 7 heteroatoms. The van der Waals surface area contributed by atoms with Crippen LogP contribution < -0.4 is 10.6 Å². The molecule has 0 spiro atoms. The number of hydrogen-bond acceptors (Lipinski definition) is 3. The lowest BCUT2D eigenvalue weighted by molar-refractivity contribution is -0.127. The van der Waals surface area contributed by atoms with Gasteiger partial charge in [-0.1, -0.05) is 29.8 Å². The molecule has 3 aromatic rings. The molecule has 0 bridgehead atoms. The number of carbonyl (C=O) groups excluding carboxylic acids is 3. The summed E-state index contributed by atoms with van der Waals surface area (Å²) in [5.74, 6) is -0.970. The van der Waals surface area contributed by atoms with Gasteiger partial charge in [-0.15, -0.1) is 0 Å². The maximum absolute atomic E-state index is 12.9. The second-order valence-electron chi connectivity index (χ2n) is 8.29. The molecule has 0 atom stereocenters. The molecule has 2 aromatic carbocycles. The van der Waals surface area contributed by atoms with Gasteiger partial charge in [0.1, 0.15) is 12.2 Å². The fourth-order valence-corrected chi connectivity index (χ4v) is 3.96.